The highest BCUT2D eigenvalue weighted by molar-refractivity contribution is 5.83. The number of hydrogen-bond donors (Lipinski definition) is 0. The molecule has 2 heteroatoms. The SMILES string of the molecule is CC(C)(C)C(=O)CCC1CCCc2cccnc21. The lowest BCUT2D eigenvalue weighted by molar-refractivity contribution is -0.126. The van der Waals surface area contributed by atoms with Crippen LogP contribution in [-0.2, 0) is 11.2 Å². The first kappa shape index (κ1) is 13.3. The number of aryl methyl sites for hydroxylation is 1. The normalized spacial score (nSPS) is 19.4. The molecule has 0 amide bonds. The number of rotatable bonds is 3. The summed E-state index contributed by atoms with van der Waals surface area (Å²) in [5.41, 5.74) is 2.42. The number of nitrogens with zero attached hydrogens (tertiary/aromatic N) is 1. The van der Waals surface area contributed by atoms with Gasteiger partial charge in [0.05, 0.1) is 0 Å². The van der Waals surface area contributed by atoms with Crippen LogP contribution in [0, 0.1) is 5.41 Å². The fourth-order valence-electron chi connectivity index (χ4n) is 2.67. The number of carbonyl (C=O) groups is 1. The molecule has 1 aliphatic rings. The summed E-state index contributed by atoms with van der Waals surface area (Å²) < 4.78 is 0. The van der Waals surface area contributed by atoms with Crippen molar-refractivity contribution in [1.82, 2.24) is 4.98 Å². The quantitative estimate of drug-likeness (QED) is 0.808. The molecule has 1 aromatic rings. The molecule has 0 fully saturated rings. The molecular formula is C16H23NO. The number of pyridine rings is 1. The third kappa shape index (κ3) is 2.98. The van der Waals surface area contributed by atoms with Crippen molar-refractivity contribution in [2.45, 2.75) is 58.8 Å². The van der Waals surface area contributed by atoms with Gasteiger partial charge in [-0.3, -0.25) is 9.78 Å². The maximum Gasteiger partial charge on any atom is 0.138 e. The zero-order chi connectivity index (χ0) is 13.2. The highest BCUT2D eigenvalue weighted by Crippen LogP contribution is 2.34. The van der Waals surface area contributed by atoms with Crippen molar-refractivity contribution in [2.75, 3.05) is 0 Å². The number of Topliss-reactive ketones (excluding diaryl/α,β-unsaturated/α-hetero) is 1. The average Bonchev–Trinajstić information content (AvgIpc) is 2.34. The van der Waals surface area contributed by atoms with E-state index in [2.05, 4.69) is 11.1 Å². The monoisotopic (exact) mass is 245 g/mol. The van der Waals surface area contributed by atoms with E-state index < -0.39 is 0 Å². The zero-order valence-corrected chi connectivity index (χ0v) is 11.7. The molecule has 2 rings (SSSR count). The van der Waals surface area contributed by atoms with Crippen LogP contribution >= 0.6 is 0 Å². The largest absolute Gasteiger partial charge is 0.299 e. The van der Waals surface area contributed by atoms with E-state index in [1.807, 2.05) is 33.0 Å². The Balaban J connectivity index is 2.02. The molecule has 0 N–H and O–H groups in total. The zero-order valence-electron chi connectivity index (χ0n) is 11.7. The Hall–Kier alpha value is -1.18. The Morgan fingerprint density at radius 1 is 1.44 bits per heavy atom. The second kappa shape index (κ2) is 5.21. The molecule has 0 bridgehead atoms. The van der Waals surface area contributed by atoms with Crippen LogP contribution in [0.2, 0.25) is 0 Å². The fourth-order valence-corrected chi connectivity index (χ4v) is 2.67. The van der Waals surface area contributed by atoms with Crippen LogP contribution in [0.4, 0.5) is 0 Å². The van der Waals surface area contributed by atoms with E-state index in [1.165, 1.54) is 24.1 Å². The van der Waals surface area contributed by atoms with Gasteiger partial charge in [-0.05, 0) is 37.3 Å². The minimum Gasteiger partial charge on any atom is -0.299 e. The molecule has 0 radical (unpaired) electrons. The first-order valence-electron chi connectivity index (χ1n) is 6.95. The number of carbonyl (C=O) groups excluding carboxylic acids is 1. The Kier molecular flexibility index (Phi) is 3.84. The van der Waals surface area contributed by atoms with Crippen LogP contribution in [0.1, 0.15) is 63.6 Å². The molecule has 1 unspecified atom stereocenters. The first-order valence-corrected chi connectivity index (χ1v) is 6.95. The van der Waals surface area contributed by atoms with Gasteiger partial charge in [-0.2, -0.15) is 0 Å². The maximum atomic E-state index is 12.0. The van der Waals surface area contributed by atoms with Crippen LogP contribution < -0.4 is 0 Å². The summed E-state index contributed by atoms with van der Waals surface area (Å²) in [6.45, 7) is 6.01. The van der Waals surface area contributed by atoms with Gasteiger partial charge >= 0.3 is 0 Å². The van der Waals surface area contributed by atoms with Gasteiger partial charge in [0, 0.05) is 29.6 Å². The minimum absolute atomic E-state index is 0.207. The molecule has 1 heterocycles. The standard InChI is InChI=1S/C16H23NO/c1-16(2,3)14(18)10-9-13-7-4-6-12-8-5-11-17-15(12)13/h5,8,11,13H,4,6-7,9-10H2,1-3H3. The third-order valence-electron chi connectivity index (χ3n) is 3.87. The van der Waals surface area contributed by atoms with Crippen LogP contribution in [0.3, 0.4) is 0 Å². The molecular weight excluding hydrogens is 222 g/mol. The molecule has 1 aromatic heterocycles. The van der Waals surface area contributed by atoms with Gasteiger partial charge in [0.25, 0.3) is 0 Å². The summed E-state index contributed by atoms with van der Waals surface area (Å²) in [6.07, 6.45) is 7.08. The van der Waals surface area contributed by atoms with E-state index in [9.17, 15) is 4.79 Å². The first-order chi connectivity index (χ1) is 8.48. The summed E-state index contributed by atoms with van der Waals surface area (Å²) in [6, 6.07) is 4.20. The van der Waals surface area contributed by atoms with E-state index >= 15 is 0 Å². The lowest BCUT2D eigenvalue weighted by Crippen LogP contribution is -2.21. The molecule has 18 heavy (non-hydrogen) atoms. The second-order valence-electron chi connectivity index (χ2n) is 6.35. The molecule has 0 aliphatic heterocycles. The molecule has 1 atom stereocenters. The Morgan fingerprint density at radius 2 is 2.22 bits per heavy atom. The molecule has 0 aromatic carbocycles. The van der Waals surface area contributed by atoms with Crippen molar-refractivity contribution < 1.29 is 4.79 Å². The average molecular weight is 245 g/mol. The van der Waals surface area contributed by atoms with E-state index in [-0.39, 0.29) is 5.41 Å². The van der Waals surface area contributed by atoms with Gasteiger partial charge in [-0.15, -0.1) is 0 Å². The summed E-state index contributed by atoms with van der Waals surface area (Å²) in [7, 11) is 0. The van der Waals surface area contributed by atoms with Crippen molar-refractivity contribution in [2.24, 2.45) is 5.41 Å². The molecule has 2 nitrogen and oxygen atoms in total. The van der Waals surface area contributed by atoms with Gasteiger partial charge < -0.3 is 0 Å². The highest BCUT2D eigenvalue weighted by atomic mass is 16.1. The number of hydrogen-bond acceptors (Lipinski definition) is 2. The van der Waals surface area contributed by atoms with Crippen LogP contribution in [-0.4, -0.2) is 10.8 Å². The predicted octanol–water partition coefficient (Wildman–Crippen LogP) is 3.90. The van der Waals surface area contributed by atoms with E-state index in [1.54, 1.807) is 0 Å². The van der Waals surface area contributed by atoms with Crippen LogP contribution in [0.25, 0.3) is 0 Å². The van der Waals surface area contributed by atoms with Crippen molar-refractivity contribution in [1.29, 1.82) is 0 Å². The molecule has 0 saturated carbocycles. The van der Waals surface area contributed by atoms with Crippen molar-refractivity contribution in [3.05, 3.63) is 29.6 Å². The van der Waals surface area contributed by atoms with Crippen molar-refractivity contribution >= 4 is 5.78 Å². The minimum atomic E-state index is -0.207. The lowest BCUT2D eigenvalue weighted by Gasteiger charge is -2.25. The summed E-state index contributed by atoms with van der Waals surface area (Å²) >= 11 is 0. The Labute approximate surface area is 110 Å². The van der Waals surface area contributed by atoms with Gasteiger partial charge in [-0.25, -0.2) is 0 Å². The van der Waals surface area contributed by atoms with Gasteiger partial charge in [-0.1, -0.05) is 26.8 Å². The van der Waals surface area contributed by atoms with E-state index in [0.717, 1.165) is 12.8 Å². The van der Waals surface area contributed by atoms with Crippen molar-refractivity contribution in [3.63, 3.8) is 0 Å². The maximum absolute atomic E-state index is 12.0. The second-order valence-corrected chi connectivity index (χ2v) is 6.35. The highest BCUT2D eigenvalue weighted by Gasteiger charge is 2.25. The predicted molar refractivity (Wildman–Crippen MR) is 73.6 cm³/mol. The summed E-state index contributed by atoms with van der Waals surface area (Å²) in [4.78, 5) is 16.5. The fraction of sp³-hybridized carbons (Fsp3) is 0.625. The van der Waals surface area contributed by atoms with Crippen LogP contribution in [0.15, 0.2) is 18.3 Å². The lowest BCUT2D eigenvalue weighted by atomic mass is 9.81. The Bertz CT molecular complexity index is 431. The summed E-state index contributed by atoms with van der Waals surface area (Å²) in [5, 5.41) is 0. The smallest absolute Gasteiger partial charge is 0.138 e. The van der Waals surface area contributed by atoms with Gasteiger partial charge in [0.2, 0.25) is 0 Å². The van der Waals surface area contributed by atoms with E-state index in [0.29, 0.717) is 18.1 Å². The summed E-state index contributed by atoms with van der Waals surface area (Å²) in [5.74, 6) is 0.854. The van der Waals surface area contributed by atoms with Gasteiger partial charge in [0.15, 0.2) is 0 Å². The molecule has 0 saturated heterocycles. The Morgan fingerprint density at radius 3 is 2.94 bits per heavy atom. The third-order valence-corrected chi connectivity index (χ3v) is 3.87. The van der Waals surface area contributed by atoms with Gasteiger partial charge in [0.1, 0.15) is 5.78 Å². The van der Waals surface area contributed by atoms with Crippen molar-refractivity contribution in [3.8, 4) is 0 Å². The molecule has 98 valence electrons. The number of ketones is 1. The van der Waals surface area contributed by atoms with Crippen LogP contribution in [0.5, 0.6) is 0 Å². The number of fused-ring (bicyclic) bond motifs is 1. The van der Waals surface area contributed by atoms with E-state index in [4.69, 9.17) is 0 Å². The topological polar surface area (TPSA) is 30.0 Å². The number of aromatic nitrogens is 1. The molecule has 1 aliphatic carbocycles. The molecule has 0 spiro atoms.